The monoisotopic (exact) mass is 324 g/mol. The molecule has 0 aliphatic rings. The lowest BCUT2D eigenvalue weighted by Crippen LogP contribution is -2.12. The molecule has 3 N–H and O–H groups in total. The number of hydrogen-bond acceptors (Lipinski definition) is 2. The molecule has 20 heavy (non-hydrogen) atoms. The molecule has 2 rings (SSSR count). The highest BCUT2D eigenvalue weighted by Gasteiger charge is 2.11. The number of aryl methyl sites for hydroxylation is 2. The summed E-state index contributed by atoms with van der Waals surface area (Å²) in [6.07, 6.45) is 0. The van der Waals surface area contributed by atoms with Crippen molar-refractivity contribution >= 4 is 51.8 Å². The van der Waals surface area contributed by atoms with Gasteiger partial charge in [0.15, 0.2) is 0 Å². The number of halogens is 2. The highest BCUT2D eigenvalue weighted by atomic mass is 35.5. The summed E-state index contributed by atoms with van der Waals surface area (Å²) in [5.74, 6) is 0. The Morgan fingerprint density at radius 3 is 2.45 bits per heavy atom. The van der Waals surface area contributed by atoms with Crippen LogP contribution < -0.4 is 11.1 Å². The second kappa shape index (κ2) is 6.00. The number of thiocarbonyl (C=S) groups is 1. The van der Waals surface area contributed by atoms with E-state index in [-0.39, 0.29) is 0 Å². The van der Waals surface area contributed by atoms with Gasteiger partial charge in [0.2, 0.25) is 0 Å². The van der Waals surface area contributed by atoms with E-state index in [0.717, 1.165) is 28.1 Å². The molecule has 0 spiro atoms. The molecule has 0 atom stereocenters. The van der Waals surface area contributed by atoms with Gasteiger partial charge in [-0.05, 0) is 43.2 Å². The van der Waals surface area contributed by atoms with Crippen LogP contribution in [0.5, 0.6) is 0 Å². The molecule has 0 amide bonds. The van der Waals surface area contributed by atoms with Gasteiger partial charge in [-0.3, -0.25) is 0 Å². The van der Waals surface area contributed by atoms with Gasteiger partial charge in [0.25, 0.3) is 0 Å². The molecular formula is C15H14Cl2N2S. The lowest BCUT2D eigenvalue weighted by Gasteiger charge is -2.16. The maximum absolute atomic E-state index is 6.25. The largest absolute Gasteiger partial charge is 0.389 e. The number of rotatable bonds is 3. The van der Waals surface area contributed by atoms with Crippen molar-refractivity contribution in [1.82, 2.24) is 0 Å². The van der Waals surface area contributed by atoms with Crippen LogP contribution >= 0.6 is 35.4 Å². The first-order chi connectivity index (χ1) is 9.40. The van der Waals surface area contributed by atoms with Crippen LogP contribution in [-0.4, -0.2) is 4.99 Å². The van der Waals surface area contributed by atoms with Crippen molar-refractivity contribution in [2.45, 2.75) is 13.8 Å². The van der Waals surface area contributed by atoms with E-state index in [2.05, 4.69) is 5.32 Å². The minimum absolute atomic E-state index is 0.338. The van der Waals surface area contributed by atoms with Crippen molar-refractivity contribution in [3.8, 4) is 0 Å². The fourth-order valence-corrected chi connectivity index (χ4v) is 2.51. The Balaban J connectivity index is 2.50. The van der Waals surface area contributed by atoms with Gasteiger partial charge in [0.05, 0.1) is 16.4 Å². The molecule has 2 aromatic carbocycles. The van der Waals surface area contributed by atoms with Gasteiger partial charge in [-0.15, -0.1) is 0 Å². The van der Waals surface area contributed by atoms with Crippen LogP contribution in [0.3, 0.4) is 0 Å². The number of nitrogens with two attached hydrogens (primary N) is 1. The highest BCUT2D eigenvalue weighted by molar-refractivity contribution is 7.80. The summed E-state index contributed by atoms with van der Waals surface area (Å²) in [7, 11) is 0. The smallest absolute Gasteiger partial charge is 0.106 e. The zero-order valence-corrected chi connectivity index (χ0v) is 13.5. The van der Waals surface area contributed by atoms with Gasteiger partial charge in [-0.2, -0.15) is 0 Å². The number of anilines is 2. The molecule has 0 unspecified atom stereocenters. The fourth-order valence-electron chi connectivity index (χ4n) is 1.92. The van der Waals surface area contributed by atoms with Gasteiger partial charge in [0, 0.05) is 10.6 Å². The molecule has 0 aliphatic carbocycles. The van der Waals surface area contributed by atoms with Crippen LogP contribution in [0.4, 0.5) is 11.4 Å². The summed E-state index contributed by atoms with van der Waals surface area (Å²) in [6.45, 7) is 3.89. The zero-order valence-electron chi connectivity index (χ0n) is 11.1. The summed E-state index contributed by atoms with van der Waals surface area (Å²) in [5.41, 5.74) is 10.1. The van der Waals surface area contributed by atoms with Crippen LogP contribution in [0, 0.1) is 13.8 Å². The Bertz CT molecular complexity index is 684. The van der Waals surface area contributed by atoms with Crippen LogP contribution in [0.15, 0.2) is 30.3 Å². The second-order valence-electron chi connectivity index (χ2n) is 4.57. The van der Waals surface area contributed by atoms with Crippen molar-refractivity contribution in [2.24, 2.45) is 5.73 Å². The van der Waals surface area contributed by atoms with Gasteiger partial charge in [-0.1, -0.05) is 47.6 Å². The lowest BCUT2D eigenvalue weighted by molar-refractivity contribution is 1.40. The number of benzene rings is 2. The van der Waals surface area contributed by atoms with Crippen LogP contribution in [0.2, 0.25) is 10.0 Å². The van der Waals surface area contributed by atoms with Crippen molar-refractivity contribution in [1.29, 1.82) is 0 Å². The molecule has 0 fully saturated rings. The molecule has 0 heterocycles. The van der Waals surface area contributed by atoms with Crippen molar-refractivity contribution in [2.75, 3.05) is 5.32 Å². The standard InChI is InChI=1S/C15H14Cl2N2S/c1-8-4-3-5-10(15(18)20)14(8)19-13-7-11(16)9(2)6-12(13)17/h3-7,19H,1-2H3,(H2,18,20). The lowest BCUT2D eigenvalue weighted by atomic mass is 10.1. The average Bonchev–Trinajstić information content (AvgIpc) is 2.37. The first-order valence-electron chi connectivity index (χ1n) is 6.02. The minimum atomic E-state index is 0.338. The molecular weight excluding hydrogens is 311 g/mol. The third-order valence-electron chi connectivity index (χ3n) is 3.05. The first kappa shape index (κ1) is 15.1. The predicted molar refractivity (Wildman–Crippen MR) is 91.5 cm³/mol. The SMILES string of the molecule is Cc1cc(Cl)c(Nc2c(C)cccc2C(N)=S)cc1Cl. The molecule has 0 bridgehead atoms. The molecule has 2 aromatic rings. The van der Waals surface area contributed by atoms with E-state index in [1.54, 1.807) is 6.07 Å². The second-order valence-corrected chi connectivity index (χ2v) is 5.82. The number of para-hydroxylation sites is 1. The van der Waals surface area contributed by atoms with Gasteiger partial charge in [0.1, 0.15) is 4.99 Å². The van der Waals surface area contributed by atoms with Crippen molar-refractivity contribution in [3.63, 3.8) is 0 Å². The topological polar surface area (TPSA) is 38.0 Å². The van der Waals surface area contributed by atoms with Crippen molar-refractivity contribution < 1.29 is 0 Å². The molecule has 0 saturated carbocycles. The Morgan fingerprint density at radius 2 is 1.80 bits per heavy atom. The van der Waals surface area contributed by atoms with Crippen LogP contribution in [0.1, 0.15) is 16.7 Å². The molecule has 2 nitrogen and oxygen atoms in total. The summed E-state index contributed by atoms with van der Waals surface area (Å²) < 4.78 is 0. The summed E-state index contributed by atoms with van der Waals surface area (Å²) in [4.78, 5) is 0.338. The molecule has 0 radical (unpaired) electrons. The van der Waals surface area contributed by atoms with Crippen molar-refractivity contribution in [3.05, 3.63) is 57.1 Å². The quantitative estimate of drug-likeness (QED) is 0.781. The Labute approximate surface area is 133 Å². The van der Waals surface area contributed by atoms with Crippen LogP contribution in [-0.2, 0) is 0 Å². The summed E-state index contributed by atoms with van der Waals surface area (Å²) >= 11 is 17.5. The van der Waals surface area contributed by atoms with Gasteiger partial charge in [-0.25, -0.2) is 0 Å². The predicted octanol–water partition coefficient (Wildman–Crippen LogP) is 4.99. The summed E-state index contributed by atoms with van der Waals surface area (Å²) in [5, 5.41) is 4.53. The van der Waals surface area contributed by atoms with E-state index in [9.17, 15) is 0 Å². The van der Waals surface area contributed by atoms with E-state index in [1.165, 1.54) is 0 Å². The average molecular weight is 325 g/mol. The van der Waals surface area contributed by atoms with E-state index in [4.69, 9.17) is 41.2 Å². The van der Waals surface area contributed by atoms with Crippen LogP contribution in [0.25, 0.3) is 0 Å². The van der Waals surface area contributed by atoms with E-state index >= 15 is 0 Å². The molecule has 0 saturated heterocycles. The third kappa shape index (κ3) is 3.06. The van der Waals surface area contributed by atoms with E-state index in [1.807, 2.05) is 38.1 Å². The van der Waals surface area contributed by atoms with Gasteiger partial charge >= 0.3 is 0 Å². The normalized spacial score (nSPS) is 10.4. The molecule has 0 aromatic heterocycles. The Morgan fingerprint density at radius 1 is 1.10 bits per heavy atom. The Hall–Kier alpha value is -1.29. The van der Waals surface area contributed by atoms with Gasteiger partial charge < -0.3 is 11.1 Å². The molecule has 104 valence electrons. The highest BCUT2D eigenvalue weighted by Crippen LogP contribution is 2.33. The maximum Gasteiger partial charge on any atom is 0.106 e. The molecule has 5 heteroatoms. The van der Waals surface area contributed by atoms with E-state index in [0.29, 0.717) is 15.0 Å². The van der Waals surface area contributed by atoms with E-state index < -0.39 is 0 Å². The maximum atomic E-state index is 6.25. The fraction of sp³-hybridized carbons (Fsp3) is 0.133. The minimum Gasteiger partial charge on any atom is -0.389 e. The summed E-state index contributed by atoms with van der Waals surface area (Å²) in [6, 6.07) is 9.40. The Kier molecular flexibility index (Phi) is 4.53. The third-order valence-corrected chi connectivity index (χ3v) is 3.99. The number of hydrogen-bond donors (Lipinski definition) is 2. The number of nitrogens with one attached hydrogen (secondary N) is 1. The molecule has 0 aliphatic heterocycles. The zero-order chi connectivity index (χ0) is 14.9. The first-order valence-corrected chi connectivity index (χ1v) is 7.18.